The summed E-state index contributed by atoms with van der Waals surface area (Å²) in [4.78, 5) is 18.5. The third-order valence-corrected chi connectivity index (χ3v) is 10.5. The predicted molar refractivity (Wildman–Crippen MR) is 185 cm³/mol. The molecule has 4 nitrogen and oxygen atoms in total. The van der Waals surface area contributed by atoms with Gasteiger partial charge in [0.15, 0.2) is 5.78 Å². The number of unbranched alkanes of at least 4 members (excludes halogenated alkanes) is 14. The second-order valence-corrected chi connectivity index (χ2v) is 14.0. The molecule has 0 fully saturated rings. The summed E-state index contributed by atoms with van der Waals surface area (Å²) in [5.41, 5.74) is 1.32. The summed E-state index contributed by atoms with van der Waals surface area (Å²) in [5.74, 6) is -0.383. The number of carbonyl (C=O) groups is 1. The van der Waals surface area contributed by atoms with Crippen molar-refractivity contribution in [3.63, 3.8) is 0 Å². The third kappa shape index (κ3) is 10.0. The molecule has 1 aromatic carbocycles. The lowest BCUT2D eigenvalue weighted by Crippen LogP contribution is -2.28. The van der Waals surface area contributed by atoms with E-state index in [0.717, 1.165) is 28.2 Å². The average Bonchev–Trinajstić information content (AvgIpc) is 3.66. The average molecular weight is 619 g/mol. The molecule has 2 heterocycles. The van der Waals surface area contributed by atoms with E-state index in [0.29, 0.717) is 5.01 Å². The Kier molecular flexibility index (Phi) is 14.3. The highest BCUT2D eigenvalue weighted by atomic mass is 32.2. The van der Waals surface area contributed by atoms with Crippen molar-refractivity contribution in [1.29, 1.82) is 0 Å². The van der Waals surface area contributed by atoms with Crippen molar-refractivity contribution in [1.82, 2.24) is 4.98 Å². The number of carbonyl (C=O) groups excluding carboxylic acids is 1. The molecular weight excluding hydrogens is 569 g/mol. The standard InChI is InChI=1S/C37H50N2O2S2/c1-3-5-7-9-11-13-15-19-27-39(28-20-16-14-12-10-8-6-4-2)33-26-24-29(42-33)23-25-30-35(40)34(36(30)41)37-38-31-21-17-18-22-32(31)43-37/h17-18,21-26H,3-16,19-20,27-28H2,1-2H3/b29-23-. The molecule has 0 bridgehead atoms. The Bertz CT molecular complexity index is 1310. The van der Waals surface area contributed by atoms with Crippen molar-refractivity contribution in [2.24, 2.45) is 0 Å². The smallest absolute Gasteiger partial charge is 0.239 e. The van der Waals surface area contributed by atoms with Crippen LogP contribution in [-0.4, -0.2) is 33.5 Å². The Morgan fingerprint density at radius 1 is 0.767 bits per heavy atom. The van der Waals surface area contributed by atoms with Crippen molar-refractivity contribution in [2.45, 2.75) is 117 Å². The van der Waals surface area contributed by atoms with Crippen LogP contribution in [0.5, 0.6) is 0 Å². The molecule has 6 heteroatoms. The quantitative estimate of drug-likeness (QED) is 0.0842. The van der Waals surface area contributed by atoms with Gasteiger partial charge in [-0.3, -0.25) is 4.79 Å². The number of hydrogen-bond acceptors (Lipinski definition) is 5. The molecule has 2 aliphatic rings. The number of allylic oxidation sites excluding steroid dienone is 5. The van der Waals surface area contributed by atoms with Gasteiger partial charge in [-0.1, -0.05) is 115 Å². The summed E-state index contributed by atoms with van der Waals surface area (Å²) in [5, 5.41) is 14.7. The van der Waals surface area contributed by atoms with Crippen molar-refractivity contribution < 1.29 is 14.5 Å². The molecule has 0 N–H and O–H groups in total. The first-order valence-corrected chi connectivity index (χ1v) is 18.5. The summed E-state index contributed by atoms with van der Waals surface area (Å²) >= 11 is 3.17. The van der Waals surface area contributed by atoms with Gasteiger partial charge in [-0.2, -0.15) is 0 Å². The van der Waals surface area contributed by atoms with Gasteiger partial charge in [0, 0.05) is 29.4 Å². The van der Waals surface area contributed by atoms with Gasteiger partial charge >= 0.3 is 0 Å². The molecule has 1 aliphatic heterocycles. The molecule has 0 unspecified atom stereocenters. The van der Waals surface area contributed by atoms with E-state index >= 15 is 0 Å². The number of Topliss-reactive ketones (excluding diaryl/α,β-unsaturated/α-hetero) is 1. The minimum atomic E-state index is -0.192. The largest absolute Gasteiger partial charge is 0.871 e. The lowest BCUT2D eigenvalue weighted by molar-refractivity contribution is -0.525. The zero-order chi connectivity index (χ0) is 30.3. The summed E-state index contributed by atoms with van der Waals surface area (Å²) in [6.07, 6.45) is 29.3. The van der Waals surface area contributed by atoms with Gasteiger partial charge in [0.2, 0.25) is 5.04 Å². The number of aromatic nitrogens is 1. The number of fused-ring (bicyclic) bond motifs is 1. The van der Waals surface area contributed by atoms with Crippen LogP contribution in [0.4, 0.5) is 0 Å². The van der Waals surface area contributed by atoms with E-state index in [4.69, 9.17) is 0 Å². The van der Waals surface area contributed by atoms with Crippen LogP contribution < -0.4 is 5.11 Å². The van der Waals surface area contributed by atoms with Crippen LogP contribution in [0.1, 0.15) is 122 Å². The lowest BCUT2D eigenvalue weighted by Gasteiger charge is -2.28. The van der Waals surface area contributed by atoms with E-state index in [-0.39, 0.29) is 22.7 Å². The Morgan fingerprint density at radius 3 is 1.93 bits per heavy atom. The van der Waals surface area contributed by atoms with E-state index in [2.05, 4.69) is 35.6 Å². The monoisotopic (exact) mass is 618 g/mol. The van der Waals surface area contributed by atoms with Gasteiger partial charge in [-0.25, -0.2) is 9.56 Å². The fourth-order valence-corrected chi connectivity index (χ4v) is 7.68. The van der Waals surface area contributed by atoms with Crippen LogP contribution in [0.25, 0.3) is 15.8 Å². The van der Waals surface area contributed by atoms with E-state index < -0.39 is 0 Å². The molecule has 1 aromatic heterocycles. The van der Waals surface area contributed by atoms with Gasteiger partial charge in [-0.05, 0) is 48.9 Å². The van der Waals surface area contributed by atoms with Crippen molar-refractivity contribution in [3.8, 4) is 0 Å². The van der Waals surface area contributed by atoms with Gasteiger partial charge in [-0.15, -0.1) is 11.3 Å². The zero-order valence-corrected chi connectivity index (χ0v) is 28.0. The maximum Gasteiger partial charge on any atom is 0.239 e. The number of hydrogen-bond donors (Lipinski definition) is 0. The number of thioether (sulfide) groups is 1. The molecule has 1 aliphatic carbocycles. The Hall–Kier alpha value is -2.44. The number of ketones is 1. The van der Waals surface area contributed by atoms with Gasteiger partial charge in [0.25, 0.3) is 0 Å². The molecule has 232 valence electrons. The van der Waals surface area contributed by atoms with Crippen LogP contribution in [-0.2, 0) is 4.79 Å². The second-order valence-electron chi connectivity index (χ2n) is 11.9. The Morgan fingerprint density at radius 2 is 1.35 bits per heavy atom. The van der Waals surface area contributed by atoms with E-state index in [1.807, 2.05) is 30.3 Å². The van der Waals surface area contributed by atoms with E-state index in [9.17, 15) is 9.90 Å². The maximum atomic E-state index is 12.9. The SMILES string of the molecule is CCCCCCCCCC[N+](CCCCCCCCCC)=C1C=C/C(=C/C=C2/C(=O)C(c3nc4ccccc4s3)=C2[O-])S1. The Balaban J connectivity index is 1.33. The number of benzene rings is 1. The number of rotatable bonds is 20. The van der Waals surface area contributed by atoms with Crippen molar-refractivity contribution in [2.75, 3.05) is 13.1 Å². The van der Waals surface area contributed by atoms with Crippen LogP contribution in [0, 0.1) is 0 Å². The van der Waals surface area contributed by atoms with Crippen LogP contribution in [0.3, 0.4) is 0 Å². The molecule has 0 radical (unpaired) electrons. The summed E-state index contributed by atoms with van der Waals surface area (Å²) in [6, 6.07) is 7.75. The van der Waals surface area contributed by atoms with Gasteiger partial charge < -0.3 is 5.11 Å². The highest BCUT2D eigenvalue weighted by molar-refractivity contribution is 8.18. The van der Waals surface area contributed by atoms with Gasteiger partial charge in [0.1, 0.15) is 18.1 Å². The molecule has 4 rings (SSSR count). The van der Waals surface area contributed by atoms with Crippen LogP contribution in [0.2, 0.25) is 0 Å². The number of thiazole rings is 1. The third-order valence-electron chi connectivity index (χ3n) is 8.35. The summed E-state index contributed by atoms with van der Waals surface area (Å²) in [7, 11) is 0. The highest BCUT2D eigenvalue weighted by Gasteiger charge is 2.30. The molecule has 0 spiro atoms. The lowest BCUT2D eigenvalue weighted by atomic mass is 9.88. The second kappa shape index (κ2) is 18.4. The van der Waals surface area contributed by atoms with Gasteiger partial charge in [0.05, 0.1) is 15.8 Å². The topological polar surface area (TPSA) is 56.0 Å². The predicted octanol–water partition coefficient (Wildman–Crippen LogP) is 9.76. The first kappa shape index (κ1) is 33.5. The molecule has 0 atom stereocenters. The molecule has 0 amide bonds. The molecule has 0 saturated carbocycles. The fourth-order valence-electron chi connectivity index (χ4n) is 5.71. The maximum absolute atomic E-state index is 12.9. The molecular formula is C37H50N2O2S2. The van der Waals surface area contributed by atoms with Crippen LogP contribution in [0.15, 0.2) is 64.8 Å². The number of para-hydroxylation sites is 1. The molecule has 2 aromatic rings. The Labute approximate surface area is 267 Å². The zero-order valence-electron chi connectivity index (χ0n) is 26.4. The first-order chi connectivity index (χ1) is 21.1. The van der Waals surface area contributed by atoms with E-state index in [1.165, 1.54) is 119 Å². The molecule has 43 heavy (non-hydrogen) atoms. The first-order valence-electron chi connectivity index (χ1n) is 16.8. The highest BCUT2D eigenvalue weighted by Crippen LogP contribution is 2.38. The van der Waals surface area contributed by atoms with Crippen molar-refractivity contribution in [3.05, 3.63) is 69.8 Å². The van der Waals surface area contributed by atoms with E-state index in [1.54, 1.807) is 17.8 Å². The summed E-state index contributed by atoms with van der Waals surface area (Å²) in [6.45, 7) is 6.75. The molecule has 0 saturated heterocycles. The summed E-state index contributed by atoms with van der Waals surface area (Å²) < 4.78 is 3.56. The van der Waals surface area contributed by atoms with Crippen molar-refractivity contribution >= 4 is 49.7 Å². The number of nitrogens with zero attached hydrogens (tertiary/aromatic N) is 2. The fraction of sp³-hybridized carbons (Fsp3) is 0.541. The minimum absolute atomic E-state index is 0.192. The normalized spacial score (nSPS) is 16.8. The minimum Gasteiger partial charge on any atom is -0.871 e. The van der Waals surface area contributed by atoms with Crippen LogP contribution >= 0.6 is 23.1 Å².